The zero-order valence-corrected chi connectivity index (χ0v) is 10.9. The van der Waals surface area contributed by atoms with Crippen molar-refractivity contribution in [1.29, 1.82) is 0 Å². The second-order valence-corrected chi connectivity index (χ2v) is 4.28. The molecular formula is C18H14O2. The van der Waals surface area contributed by atoms with Gasteiger partial charge in [-0.2, -0.15) is 0 Å². The molecule has 0 spiro atoms. The molecule has 0 heterocycles. The fraction of sp³-hybridized carbons (Fsp3) is 0. The summed E-state index contributed by atoms with van der Waals surface area (Å²) in [5.74, 6) is 2.97. The summed E-state index contributed by atoms with van der Waals surface area (Å²) < 4.78 is 11.7. The monoisotopic (exact) mass is 262 g/mol. The lowest BCUT2D eigenvalue weighted by atomic mass is 10.3. The van der Waals surface area contributed by atoms with Gasteiger partial charge in [-0.3, -0.25) is 0 Å². The first kappa shape index (κ1) is 12.3. The minimum absolute atomic E-state index is 0.697. The highest BCUT2D eigenvalue weighted by Crippen LogP contribution is 2.34. The minimum atomic E-state index is 0.697. The van der Waals surface area contributed by atoms with Crippen molar-refractivity contribution in [3.63, 3.8) is 0 Å². The second kappa shape index (κ2) is 5.93. The van der Waals surface area contributed by atoms with Gasteiger partial charge in [0.15, 0.2) is 11.5 Å². The van der Waals surface area contributed by atoms with E-state index in [9.17, 15) is 0 Å². The number of benzene rings is 3. The van der Waals surface area contributed by atoms with Gasteiger partial charge in [0.25, 0.3) is 0 Å². The van der Waals surface area contributed by atoms with E-state index in [1.165, 1.54) is 0 Å². The number of hydrogen-bond acceptors (Lipinski definition) is 2. The average Bonchev–Trinajstić information content (AvgIpc) is 2.51. The van der Waals surface area contributed by atoms with E-state index in [1.807, 2.05) is 84.9 Å². The van der Waals surface area contributed by atoms with E-state index in [2.05, 4.69) is 0 Å². The summed E-state index contributed by atoms with van der Waals surface area (Å²) in [6.45, 7) is 0. The number of rotatable bonds is 4. The van der Waals surface area contributed by atoms with Crippen LogP contribution in [0.15, 0.2) is 84.9 Å². The number of hydrogen-bond donors (Lipinski definition) is 0. The molecule has 0 saturated carbocycles. The van der Waals surface area contributed by atoms with E-state index in [1.54, 1.807) is 0 Å². The fourth-order valence-corrected chi connectivity index (χ4v) is 1.85. The summed E-state index contributed by atoms with van der Waals surface area (Å²) >= 11 is 0. The van der Waals surface area contributed by atoms with E-state index in [0.717, 1.165) is 11.5 Å². The Kier molecular flexibility index (Phi) is 3.65. The van der Waals surface area contributed by atoms with Crippen LogP contribution in [0.5, 0.6) is 23.0 Å². The molecule has 0 radical (unpaired) electrons. The van der Waals surface area contributed by atoms with Gasteiger partial charge in [0.1, 0.15) is 11.5 Å². The molecule has 0 saturated heterocycles. The van der Waals surface area contributed by atoms with E-state index >= 15 is 0 Å². The first-order chi connectivity index (χ1) is 9.92. The molecule has 0 unspecified atom stereocenters. The lowest BCUT2D eigenvalue weighted by Crippen LogP contribution is -1.89. The van der Waals surface area contributed by atoms with Gasteiger partial charge < -0.3 is 9.47 Å². The van der Waals surface area contributed by atoms with Crippen molar-refractivity contribution < 1.29 is 9.47 Å². The highest BCUT2D eigenvalue weighted by Gasteiger charge is 2.06. The Morgan fingerprint density at radius 3 is 1.15 bits per heavy atom. The molecule has 0 aliphatic carbocycles. The maximum atomic E-state index is 5.86. The second-order valence-electron chi connectivity index (χ2n) is 4.28. The van der Waals surface area contributed by atoms with Crippen LogP contribution in [-0.2, 0) is 0 Å². The molecule has 0 aliphatic heterocycles. The minimum Gasteiger partial charge on any atom is -0.453 e. The molecule has 20 heavy (non-hydrogen) atoms. The highest BCUT2D eigenvalue weighted by atomic mass is 16.5. The van der Waals surface area contributed by atoms with Crippen LogP contribution in [0.2, 0.25) is 0 Å². The van der Waals surface area contributed by atoms with Crippen LogP contribution < -0.4 is 9.47 Å². The van der Waals surface area contributed by atoms with E-state index in [4.69, 9.17) is 9.47 Å². The molecule has 3 aromatic carbocycles. The van der Waals surface area contributed by atoms with Crippen LogP contribution in [0.4, 0.5) is 0 Å². The highest BCUT2D eigenvalue weighted by molar-refractivity contribution is 5.45. The molecule has 3 rings (SSSR count). The van der Waals surface area contributed by atoms with Crippen LogP contribution in [0.25, 0.3) is 0 Å². The Bertz CT molecular complexity index is 603. The first-order valence-electron chi connectivity index (χ1n) is 6.47. The van der Waals surface area contributed by atoms with Gasteiger partial charge in [0.2, 0.25) is 0 Å². The topological polar surface area (TPSA) is 18.5 Å². The summed E-state index contributed by atoms with van der Waals surface area (Å²) in [5.41, 5.74) is 0. The Balaban J connectivity index is 1.85. The number of para-hydroxylation sites is 4. The first-order valence-corrected chi connectivity index (χ1v) is 6.47. The van der Waals surface area contributed by atoms with Gasteiger partial charge in [-0.15, -0.1) is 0 Å². The molecule has 0 amide bonds. The van der Waals surface area contributed by atoms with Gasteiger partial charge >= 0.3 is 0 Å². The quantitative estimate of drug-likeness (QED) is 0.637. The van der Waals surface area contributed by atoms with Crippen LogP contribution in [-0.4, -0.2) is 0 Å². The summed E-state index contributed by atoms with van der Waals surface area (Å²) in [6.07, 6.45) is 0. The number of ether oxygens (including phenoxy) is 2. The molecule has 0 N–H and O–H groups in total. The molecule has 2 heteroatoms. The molecule has 0 bridgehead atoms. The maximum absolute atomic E-state index is 5.86. The van der Waals surface area contributed by atoms with Gasteiger partial charge in [-0.1, -0.05) is 48.5 Å². The molecule has 0 fully saturated rings. The summed E-state index contributed by atoms with van der Waals surface area (Å²) in [6, 6.07) is 27.0. The van der Waals surface area contributed by atoms with E-state index < -0.39 is 0 Å². The molecular weight excluding hydrogens is 248 g/mol. The smallest absolute Gasteiger partial charge is 0.169 e. The molecule has 0 aliphatic rings. The largest absolute Gasteiger partial charge is 0.453 e. The zero-order chi connectivity index (χ0) is 13.6. The Morgan fingerprint density at radius 2 is 0.750 bits per heavy atom. The standard InChI is InChI=1S/C18H14O2/c1-3-9-15(10-4-1)19-17-13-7-8-14-18(17)20-16-11-5-2-6-12-16/h1-14H. The van der Waals surface area contributed by atoms with Gasteiger partial charge in [-0.25, -0.2) is 0 Å². The van der Waals surface area contributed by atoms with Crippen molar-refractivity contribution >= 4 is 0 Å². The van der Waals surface area contributed by atoms with E-state index in [-0.39, 0.29) is 0 Å². The lowest BCUT2D eigenvalue weighted by Gasteiger charge is -2.11. The summed E-state index contributed by atoms with van der Waals surface area (Å²) in [5, 5.41) is 0. The summed E-state index contributed by atoms with van der Waals surface area (Å²) in [4.78, 5) is 0. The Hall–Kier alpha value is -2.74. The van der Waals surface area contributed by atoms with Crippen molar-refractivity contribution in [2.75, 3.05) is 0 Å². The zero-order valence-electron chi connectivity index (χ0n) is 10.9. The SMILES string of the molecule is c1ccc(Oc2ccccc2Oc2ccccc2)cc1. The van der Waals surface area contributed by atoms with Gasteiger partial charge in [-0.05, 0) is 36.4 Å². The predicted molar refractivity (Wildman–Crippen MR) is 79.5 cm³/mol. The molecule has 0 aromatic heterocycles. The fourth-order valence-electron chi connectivity index (χ4n) is 1.85. The third kappa shape index (κ3) is 2.98. The van der Waals surface area contributed by atoms with Crippen molar-refractivity contribution in [1.82, 2.24) is 0 Å². The molecule has 3 aromatic rings. The normalized spacial score (nSPS) is 10.0. The lowest BCUT2D eigenvalue weighted by molar-refractivity contribution is 0.419. The van der Waals surface area contributed by atoms with Crippen molar-refractivity contribution in [2.45, 2.75) is 0 Å². The summed E-state index contributed by atoms with van der Waals surface area (Å²) in [7, 11) is 0. The average molecular weight is 262 g/mol. The van der Waals surface area contributed by atoms with Gasteiger partial charge in [0, 0.05) is 0 Å². The molecule has 0 atom stereocenters. The van der Waals surface area contributed by atoms with Crippen molar-refractivity contribution in [2.24, 2.45) is 0 Å². The van der Waals surface area contributed by atoms with Gasteiger partial charge in [0.05, 0.1) is 0 Å². The van der Waals surface area contributed by atoms with E-state index in [0.29, 0.717) is 11.5 Å². The Labute approximate surface area is 118 Å². The van der Waals surface area contributed by atoms with Crippen molar-refractivity contribution in [3.8, 4) is 23.0 Å². The maximum Gasteiger partial charge on any atom is 0.169 e. The van der Waals surface area contributed by atoms with Crippen LogP contribution in [0.1, 0.15) is 0 Å². The van der Waals surface area contributed by atoms with Crippen LogP contribution in [0.3, 0.4) is 0 Å². The third-order valence-electron chi connectivity index (χ3n) is 2.79. The predicted octanol–water partition coefficient (Wildman–Crippen LogP) is 5.27. The molecule has 98 valence electrons. The molecule has 2 nitrogen and oxygen atoms in total. The van der Waals surface area contributed by atoms with Crippen LogP contribution in [0, 0.1) is 0 Å². The van der Waals surface area contributed by atoms with Crippen molar-refractivity contribution in [3.05, 3.63) is 84.9 Å². The third-order valence-corrected chi connectivity index (χ3v) is 2.79. The Morgan fingerprint density at radius 1 is 0.400 bits per heavy atom. The van der Waals surface area contributed by atoms with Crippen LogP contribution >= 0.6 is 0 Å².